The Hall–Kier alpha value is -4.26. The molecule has 0 aliphatic rings. The Bertz CT molecular complexity index is 1200. The summed E-state index contributed by atoms with van der Waals surface area (Å²) in [5, 5.41) is 9.82. The lowest BCUT2D eigenvalue weighted by molar-refractivity contribution is 0.0952. The average Bonchev–Trinajstić information content (AvgIpc) is 3.35. The highest BCUT2D eigenvalue weighted by molar-refractivity contribution is 6.05. The molecule has 7 heteroatoms. The number of halogens is 1. The summed E-state index contributed by atoms with van der Waals surface area (Å²) >= 11 is 0. The smallest absolute Gasteiger partial charge is 0.255 e. The Morgan fingerprint density at radius 3 is 2.38 bits per heavy atom. The molecule has 4 aromatic rings. The van der Waals surface area contributed by atoms with Crippen LogP contribution in [0.4, 0.5) is 10.1 Å². The third-order valence-electron chi connectivity index (χ3n) is 4.89. The molecule has 1 heterocycles. The van der Waals surface area contributed by atoms with Gasteiger partial charge in [0.15, 0.2) is 0 Å². The zero-order valence-electron chi connectivity index (χ0n) is 17.2. The van der Waals surface area contributed by atoms with Crippen molar-refractivity contribution in [1.29, 1.82) is 0 Å². The minimum Gasteiger partial charge on any atom is -0.352 e. The van der Waals surface area contributed by atoms with E-state index in [0.29, 0.717) is 29.8 Å². The topological polar surface area (TPSA) is 76.0 Å². The van der Waals surface area contributed by atoms with E-state index in [1.807, 2.05) is 36.5 Å². The van der Waals surface area contributed by atoms with Gasteiger partial charge in [-0.25, -0.2) is 9.07 Å². The fourth-order valence-electron chi connectivity index (χ4n) is 3.20. The third kappa shape index (κ3) is 5.26. The Labute approximate surface area is 184 Å². The molecule has 0 bridgehead atoms. The number of nitrogens with zero attached hydrogens (tertiary/aromatic N) is 2. The third-order valence-corrected chi connectivity index (χ3v) is 4.89. The van der Waals surface area contributed by atoms with Crippen molar-refractivity contribution < 1.29 is 14.0 Å². The molecule has 0 aliphatic heterocycles. The van der Waals surface area contributed by atoms with Gasteiger partial charge in [-0.3, -0.25) is 9.59 Å². The molecule has 0 saturated heterocycles. The van der Waals surface area contributed by atoms with Crippen LogP contribution >= 0.6 is 0 Å². The lowest BCUT2D eigenvalue weighted by Crippen LogP contribution is -2.25. The Kier molecular flexibility index (Phi) is 6.36. The fraction of sp³-hybridized carbons (Fsp3) is 0.0800. The van der Waals surface area contributed by atoms with Gasteiger partial charge < -0.3 is 10.6 Å². The summed E-state index contributed by atoms with van der Waals surface area (Å²) in [6, 6.07) is 21.8. The maximum Gasteiger partial charge on any atom is 0.255 e. The number of aromatic nitrogens is 2. The van der Waals surface area contributed by atoms with E-state index in [9.17, 15) is 14.0 Å². The molecule has 6 nitrogen and oxygen atoms in total. The van der Waals surface area contributed by atoms with Gasteiger partial charge in [-0.05, 0) is 72.6 Å². The van der Waals surface area contributed by atoms with Crippen LogP contribution in [-0.2, 0) is 6.42 Å². The zero-order chi connectivity index (χ0) is 22.3. The van der Waals surface area contributed by atoms with Crippen LogP contribution in [0.5, 0.6) is 0 Å². The van der Waals surface area contributed by atoms with Gasteiger partial charge in [0, 0.05) is 35.8 Å². The van der Waals surface area contributed by atoms with Crippen LogP contribution in [0.2, 0.25) is 0 Å². The number of hydrogen-bond donors (Lipinski definition) is 2. The molecule has 0 saturated carbocycles. The van der Waals surface area contributed by atoms with Crippen molar-refractivity contribution in [3.8, 4) is 5.69 Å². The second-order valence-corrected chi connectivity index (χ2v) is 7.16. The lowest BCUT2D eigenvalue weighted by atomic mass is 10.1. The van der Waals surface area contributed by atoms with Gasteiger partial charge in [0.05, 0.1) is 5.69 Å². The number of hydrogen-bond acceptors (Lipinski definition) is 3. The monoisotopic (exact) mass is 428 g/mol. The molecule has 2 N–H and O–H groups in total. The normalized spacial score (nSPS) is 10.5. The molecule has 3 aromatic carbocycles. The van der Waals surface area contributed by atoms with E-state index in [-0.39, 0.29) is 11.8 Å². The fourth-order valence-corrected chi connectivity index (χ4v) is 3.20. The summed E-state index contributed by atoms with van der Waals surface area (Å²) in [5.74, 6) is -1.01. The van der Waals surface area contributed by atoms with Crippen molar-refractivity contribution >= 4 is 17.5 Å². The maximum atomic E-state index is 13.0. The predicted octanol–water partition coefficient (Wildman–Crippen LogP) is 4.24. The molecular weight excluding hydrogens is 407 g/mol. The zero-order valence-corrected chi connectivity index (χ0v) is 17.2. The number of benzene rings is 3. The second-order valence-electron chi connectivity index (χ2n) is 7.16. The summed E-state index contributed by atoms with van der Waals surface area (Å²) in [6.07, 6.45) is 4.30. The molecule has 4 rings (SSSR count). The second kappa shape index (κ2) is 9.70. The van der Waals surface area contributed by atoms with E-state index in [2.05, 4.69) is 15.7 Å². The van der Waals surface area contributed by atoms with Crippen molar-refractivity contribution in [2.75, 3.05) is 11.9 Å². The molecule has 0 aliphatic carbocycles. The first-order chi connectivity index (χ1) is 15.6. The molecule has 32 heavy (non-hydrogen) atoms. The summed E-state index contributed by atoms with van der Waals surface area (Å²) in [6.45, 7) is 0.478. The van der Waals surface area contributed by atoms with Gasteiger partial charge >= 0.3 is 0 Å². The van der Waals surface area contributed by atoms with Gasteiger partial charge in [-0.1, -0.05) is 18.2 Å². The van der Waals surface area contributed by atoms with Crippen molar-refractivity contribution in [2.45, 2.75) is 6.42 Å². The quantitative estimate of drug-likeness (QED) is 0.462. The van der Waals surface area contributed by atoms with Gasteiger partial charge in [0.1, 0.15) is 5.82 Å². The average molecular weight is 428 g/mol. The van der Waals surface area contributed by atoms with Crippen LogP contribution in [0, 0.1) is 5.82 Å². The minimum atomic E-state index is -0.408. The molecule has 160 valence electrons. The summed E-state index contributed by atoms with van der Waals surface area (Å²) < 4.78 is 14.8. The highest BCUT2D eigenvalue weighted by Crippen LogP contribution is 2.13. The van der Waals surface area contributed by atoms with E-state index in [0.717, 1.165) is 11.3 Å². The lowest BCUT2D eigenvalue weighted by Gasteiger charge is -2.09. The highest BCUT2D eigenvalue weighted by Gasteiger charge is 2.09. The molecule has 0 radical (unpaired) electrons. The molecule has 1 aromatic heterocycles. The minimum absolute atomic E-state index is 0.226. The van der Waals surface area contributed by atoms with E-state index < -0.39 is 5.82 Å². The van der Waals surface area contributed by atoms with Crippen LogP contribution in [0.25, 0.3) is 5.69 Å². The van der Waals surface area contributed by atoms with Gasteiger partial charge in [-0.2, -0.15) is 5.10 Å². The van der Waals surface area contributed by atoms with Gasteiger partial charge in [0.2, 0.25) is 0 Å². The molecule has 0 atom stereocenters. The van der Waals surface area contributed by atoms with E-state index >= 15 is 0 Å². The predicted molar refractivity (Wildman–Crippen MR) is 120 cm³/mol. The van der Waals surface area contributed by atoms with Gasteiger partial charge in [0.25, 0.3) is 11.8 Å². The van der Waals surface area contributed by atoms with Crippen LogP contribution < -0.4 is 10.6 Å². The number of amides is 2. The van der Waals surface area contributed by atoms with Crippen molar-refractivity contribution in [3.05, 3.63) is 114 Å². The molecule has 0 unspecified atom stereocenters. The van der Waals surface area contributed by atoms with Crippen molar-refractivity contribution in [2.24, 2.45) is 0 Å². The van der Waals surface area contributed by atoms with E-state index in [1.165, 1.54) is 24.3 Å². The largest absolute Gasteiger partial charge is 0.352 e. The number of anilines is 1. The number of carbonyl (C=O) groups excluding carboxylic acids is 2. The molecule has 0 spiro atoms. The van der Waals surface area contributed by atoms with Crippen LogP contribution in [0.15, 0.2) is 91.3 Å². The number of nitrogens with one attached hydrogen (secondary N) is 2. The van der Waals surface area contributed by atoms with Crippen LogP contribution in [0.3, 0.4) is 0 Å². The summed E-state index contributed by atoms with van der Waals surface area (Å²) in [5.41, 5.74) is 3.33. The SMILES string of the molecule is O=C(NCCc1ccc(-n2cccn2)cc1)c1cccc(NC(=O)c2ccc(F)cc2)c1. The Morgan fingerprint density at radius 1 is 0.875 bits per heavy atom. The van der Waals surface area contributed by atoms with E-state index in [4.69, 9.17) is 0 Å². The first kappa shape index (κ1) is 21.0. The standard InChI is InChI=1S/C25H21FN4O2/c26-21-9-7-19(8-10-21)25(32)29-22-4-1-3-20(17-22)24(31)27-15-13-18-5-11-23(12-6-18)30-16-2-14-28-30/h1-12,14,16-17H,13,15H2,(H,27,31)(H,29,32). The molecule has 2 amide bonds. The summed E-state index contributed by atoms with van der Waals surface area (Å²) in [7, 11) is 0. The number of rotatable bonds is 7. The summed E-state index contributed by atoms with van der Waals surface area (Å²) in [4.78, 5) is 24.8. The Balaban J connectivity index is 1.30. The Morgan fingerprint density at radius 2 is 1.66 bits per heavy atom. The number of carbonyl (C=O) groups is 2. The first-order valence-electron chi connectivity index (χ1n) is 10.1. The molecular formula is C25H21FN4O2. The maximum absolute atomic E-state index is 13.0. The highest BCUT2D eigenvalue weighted by atomic mass is 19.1. The van der Waals surface area contributed by atoms with Crippen LogP contribution in [0.1, 0.15) is 26.3 Å². The van der Waals surface area contributed by atoms with Crippen molar-refractivity contribution in [1.82, 2.24) is 15.1 Å². The van der Waals surface area contributed by atoms with E-state index in [1.54, 1.807) is 35.1 Å². The van der Waals surface area contributed by atoms with Gasteiger partial charge in [-0.15, -0.1) is 0 Å². The van der Waals surface area contributed by atoms with Crippen LogP contribution in [-0.4, -0.2) is 28.1 Å². The first-order valence-corrected chi connectivity index (χ1v) is 10.1. The van der Waals surface area contributed by atoms with Crippen molar-refractivity contribution in [3.63, 3.8) is 0 Å². The molecule has 0 fully saturated rings.